The molecule has 0 aromatic carbocycles. The van der Waals surface area contributed by atoms with Crippen LogP contribution in [0.2, 0.25) is 0 Å². The number of amides is 1. The van der Waals surface area contributed by atoms with Gasteiger partial charge in [0.2, 0.25) is 5.91 Å². The molecule has 1 rings (SSSR count). The topological polar surface area (TPSA) is 46.3 Å². The van der Waals surface area contributed by atoms with Crippen molar-refractivity contribution in [3.05, 3.63) is 0 Å². The Bertz CT molecular complexity index is 242. The van der Waals surface area contributed by atoms with Crippen LogP contribution in [-0.4, -0.2) is 29.9 Å². The zero-order valence-corrected chi connectivity index (χ0v) is 11.6. The maximum absolute atomic E-state index is 12.4. The van der Waals surface area contributed by atoms with Gasteiger partial charge in [0, 0.05) is 19.1 Å². The summed E-state index contributed by atoms with van der Waals surface area (Å²) in [6.45, 7) is 8.10. The Kier molecular flexibility index (Phi) is 5.96. The summed E-state index contributed by atoms with van der Waals surface area (Å²) in [5.41, 5.74) is 6.20. The van der Waals surface area contributed by atoms with Crippen LogP contribution in [-0.2, 0) is 4.79 Å². The zero-order chi connectivity index (χ0) is 12.8. The van der Waals surface area contributed by atoms with Gasteiger partial charge in [-0.15, -0.1) is 0 Å². The molecule has 3 unspecified atom stereocenters. The van der Waals surface area contributed by atoms with Crippen molar-refractivity contribution in [1.29, 1.82) is 0 Å². The Labute approximate surface area is 106 Å². The van der Waals surface area contributed by atoms with E-state index in [0.717, 1.165) is 38.8 Å². The molecule has 3 nitrogen and oxygen atoms in total. The molecule has 3 atom stereocenters. The molecule has 0 aliphatic heterocycles. The minimum Gasteiger partial charge on any atom is -0.343 e. The molecule has 1 saturated carbocycles. The fraction of sp³-hybridized carbons (Fsp3) is 0.929. The van der Waals surface area contributed by atoms with Crippen molar-refractivity contribution in [1.82, 2.24) is 4.90 Å². The minimum atomic E-state index is 0.0620. The van der Waals surface area contributed by atoms with E-state index in [0.29, 0.717) is 11.8 Å². The van der Waals surface area contributed by atoms with Crippen LogP contribution in [0.15, 0.2) is 0 Å². The number of hydrogen-bond donors (Lipinski definition) is 1. The normalized spacial score (nSPS) is 29.1. The fourth-order valence-electron chi connectivity index (χ4n) is 2.74. The Hall–Kier alpha value is -0.570. The second kappa shape index (κ2) is 7.00. The first kappa shape index (κ1) is 14.5. The molecule has 2 N–H and O–H groups in total. The zero-order valence-electron chi connectivity index (χ0n) is 11.6. The summed E-state index contributed by atoms with van der Waals surface area (Å²) in [6, 6.07) is 0.0620. The van der Waals surface area contributed by atoms with Gasteiger partial charge in [-0.1, -0.05) is 26.7 Å². The first-order valence-electron chi connectivity index (χ1n) is 7.16. The van der Waals surface area contributed by atoms with E-state index in [1.165, 1.54) is 6.42 Å². The van der Waals surface area contributed by atoms with Crippen LogP contribution in [0.5, 0.6) is 0 Å². The first-order valence-corrected chi connectivity index (χ1v) is 7.16. The number of nitrogens with zero attached hydrogens (tertiary/aromatic N) is 1. The van der Waals surface area contributed by atoms with Crippen LogP contribution in [0.3, 0.4) is 0 Å². The van der Waals surface area contributed by atoms with Gasteiger partial charge in [-0.05, 0) is 32.1 Å². The molecule has 0 radical (unpaired) electrons. The molecule has 1 fully saturated rings. The van der Waals surface area contributed by atoms with Gasteiger partial charge in [-0.25, -0.2) is 0 Å². The second-order valence-electron chi connectivity index (χ2n) is 5.36. The van der Waals surface area contributed by atoms with Gasteiger partial charge in [-0.3, -0.25) is 4.79 Å². The second-order valence-corrected chi connectivity index (χ2v) is 5.36. The van der Waals surface area contributed by atoms with E-state index >= 15 is 0 Å². The summed E-state index contributed by atoms with van der Waals surface area (Å²) in [5, 5.41) is 0. The highest BCUT2D eigenvalue weighted by atomic mass is 16.2. The van der Waals surface area contributed by atoms with E-state index < -0.39 is 0 Å². The summed E-state index contributed by atoms with van der Waals surface area (Å²) in [7, 11) is 0. The summed E-state index contributed by atoms with van der Waals surface area (Å²) in [6.07, 6.45) is 5.53. The lowest BCUT2D eigenvalue weighted by molar-refractivity contribution is -0.137. The maximum Gasteiger partial charge on any atom is 0.227 e. The van der Waals surface area contributed by atoms with Crippen molar-refractivity contribution < 1.29 is 4.79 Å². The molecule has 0 aromatic rings. The third kappa shape index (κ3) is 3.70. The molecule has 0 aromatic heterocycles. The van der Waals surface area contributed by atoms with Gasteiger partial charge in [0.25, 0.3) is 0 Å². The van der Waals surface area contributed by atoms with Gasteiger partial charge in [0.1, 0.15) is 0 Å². The van der Waals surface area contributed by atoms with Crippen LogP contribution in [0.4, 0.5) is 0 Å². The maximum atomic E-state index is 12.4. The lowest BCUT2D eigenvalue weighted by atomic mass is 9.77. The standard InChI is InChI=1S/C14H28N2O/c1-4-6-10-16(5-2)14(17)12-9-7-8-11(3)13(12)15/h11-13H,4-10,15H2,1-3H3. The van der Waals surface area contributed by atoms with Crippen molar-refractivity contribution >= 4 is 5.91 Å². The van der Waals surface area contributed by atoms with Crippen molar-refractivity contribution in [3.8, 4) is 0 Å². The van der Waals surface area contributed by atoms with Crippen LogP contribution >= 0.6 is 0 Å². The molecule has 0 spiro atoms. The molecule has 0 bridgehead atoms. The van der Waals surface area contributed by atoms with Crippen molar-refractivity contribution in [2.24, 2.45) is 17.6 Å². The third-order valence-electron chi connectivity index (χ3n) is 4.09. The third-order valence-corrected chi connectivity index (χ3v) is 4.09. The number of rotatable bonds is 5. The van der Waals surface area contributed by atoms with Gasteiger partial charge in [-0.2, -0.15) is 0 Å². The van der Waals surface area contributed by atoms with Gasteiger partial charge >= 0.3 is 0 Å². The molecule has 17 heavy (non-hydrogen) atoms. The SMILES string of the molecule is CCCCN(CC)C(=O)C1CCCC(C)C1N. The predicted octanol–water partition coefficient (Wildman–Crippen LogP) is 2.40. The van der Waals surface area contributed by atoms with Gasteiger partial charge < -0.3 is 10.6 Å². The van der Waals surface area contributed by atoms with E-state index in [1.54, 1.807) is 0 Å². The van der Waals surface area contributed by atoms with E-state index in [2.05, 4.69) is 20.8 Å². The Morgan fingerprint density at radius 1 is 1.35 bits per heavy atom. The number of carbonyl (C=O) groups is 1. The summed E-state index contributed by atoms with van der Waals surface area (Å²) in [4.78, 5) is 14.4. The highest BCUT2D eigenvalue weighted by Crippen LogP contribution is 2.29. The first-order chi connectivity index (χ1) is 8.11. The van der Waals surface area contributed by atoms with E-state index in [1.807, 2.05) is 4.90 Å². The minimum absolute atomic E-state index is 0.0620. The monoisotopic (exact) mass is 240 g/mol. The summed E-state index contributed by atoms with van der Waals surface area (Å²) in [5.74, 6) is 0.845. The quantitative estimate of drug-likeness (QED) is 0.802. The van der Waals surface area contributed by atoms with Crippen molar-refractivity contribution in [2.75, 3.05) is 13.1 Å². The van der Waals surface area contributed by atoms with Gasteiger partial charge in [0.15, 0.2) is 0 Å². The van der Waals surface area contributed by atoms with Crippen LogP contribution in [0.25, 0.3) is 0 Å². The highest BCUT2D eigenvalue weighted by Gasteiger charge is 2.34. The van der Waals surface area contributed by atoms with E-state index in [9.17, 15) is 4.79 Å². The Balaban J connectivity index is 2.59. The Morgan fingerprint density at radius 2 is 2.06 bits per heavy atom. The van der Waals surface area contributed by atoms with Crippen LogP contribution < -0.4 is 5.73 Å². The van der Waals surface area contributed by atoms with E-state index in [-0.39, 0.29) is 12.0 Å². The van der Waals surface area contributed by atoms with Gasteiger partial charge in [0.05, 0.1) is 5.92 Å². The molecule has 1 amide bonds. The molecule has 3 heteroatoms. The molecule has 0 saturated heterocycles. The van der Waals surface area contributed by atoms with Crippen LogP contribution in [0.1, 0.15) is 52.9 Å². The average Bonchev–Trinajstić information content (AvgIpc) is 2.33. The lowest BCUT2D eigenvalue weighted by Crippen LogP contribution is -2.49. The predicted molar refractivity (Wildman–Crippen MR) is 71.6 cm³/mol. The molecular formula is C14H28N2O. The van der Waals surface area contributed by atoms with Crippen molar-refractivity contribution in [2.45, 2.75) is 58.9 Å². The molecule has 100 valence electrons. The molecule has 1 aliphatic rings. The largest absolute Gasteiger partial charge is 0.343 e. The number of nitrogens with two attached hydrogens (primary N) is 1. The fourth-order valence-corrected chi connectivity index (χ4v) is 2.74. The summed E-state index contributed by atoms with van der Waals surface area (Å²) >= 11 is 0. The molecular weight excluding hydrogens is 212 g/mol. The van der Waals surface area contributed by atoms with E-state index in [4.69, 9.17) is 5.73 Å². The van der Waals surface area contributed by atoms with Crippen LogP contribution in [0, 0.1) is 11.8 Å². The average molecular weight is 240 g/mol. The van der Waals surface area contributed by atoms with Crippen molar-refractivity contribution in [3.63, 3.8) is 0 Å². The smallest absolute Gasteiger partial charge is 0.227 e. The molecule has 1 aliphatic carbocycles. The Morgan fingerprint density at radius 3 is 2.65 bits per heavy atom. The number of unbranched alkanes of at least 4 members (excludes halogenated alkanes) is 1. The molecule has 0 heterocycles. The number of hydrogen-bond acceptors (Lipinski definition) is 2. The number of carbonyl (C=O) groups excluding carboxylic acids is 1. The highest BCUT2D eigenvalue weighted by molar-refractivity contribution is 5.79. The lowest BCUT2D eigenvalue weighted by Gasteiger charge is -2.36. The summed E-state index contributed by atoms with van der Waals surface area (Å²) < 4.78 is 0.